The number of hydrogen-bond donors (Lipinski definition) is 1. The van der Waals surface area contributed by atoms with E-state index in [0.717, 1.165) is 11.3 Å². The Bertz CT molecular complexity index is 989. The topological polar surface area (TPSA) is 89.6 Å². The Kier molecular flexibility index (Phi) is 5.64. The van der Waals surface area contributed by atoms with Crippen LogP contribution in [0.2, 0.25) is 4.34 Å². The van der Waals surface area contributed by atoms with E-state index in [0.29, 0.717) is 15.6 Å². The summed E-state index contributed by atoms with van der Waals surface area (Å²) < 4.78 is 28.1. The smallest absolute Gasteiger partial charge is 0.248 e. The van der Waals surface area contributed by atoms with Crippen LogP contribution in [0.4, 0.5) is 13.9 Å². The molecule has 0 aliphatic heterocycles. The predicted molar refractivity (Wildman–Crippen MR) is 101 cm³/mol. The second-order valence-corrected chi connectivity index (χ2v) is 8.33. The molecule has 5 nitrogen and oxygen atoms in total. The van der Waals surface area contributed by atoms with Gasteiger partial charge < -0.3 is 5.32 Å². The number of alkyl halides is 2. The number of halogens is 3. The van der Waals surface area contributed by atoms with Gasteiger partial charge in [0.2, 0.25) is 11.8 Å². The predicted octanol–water partition coefficient (Wildman–Crippen LogP) is 5.01. The van der Waals surface area contributed by atoms with Crippen LogP contribution in [-0.2, 0) is 4.79 Å². The SMILES string of the molecule is Cc1nc(NC(=O)[C@H](c2ccc(C#N)c(C#N)c2)[C@H]2CCC(F)(F)C2)sc1Cl. The number of rotatable bonds is 4. The average molecular weight is 421 g/mol. The standard InChI is InChI=1S/C19H15ClF2N4OS/c1-10-16(20)28-18(25-10)26-17(27)15(12-4-5-19(21,22)7-12)11-2-3-13(8-23)14(6-11)9-24/h2-3,6,12,15H,4-5,7H2,1H3,(H,25,26,27)/t12-,15+/m0/s1. The van der Waals surface area contributed by atoms with Crippen molar-refractivity contribution in [2.24, 2.45) is 5.92 Å². The molecule has 0 radical (unpaired) electrons. The zero-order valence-electron chi connectivity index (χ0n) is 14.8. The van der Waals surface area contributed by atoms with Crippen molar-refractivity contribution in [2.75, 3.05) is 5.32 Å². The molecule has 1 fully saturated rings. The number of thiazole rings is 1. The van der Waals surface area contributed by atoms with Crippen molar-refractivity contribution in [1.29, 1.82) is 10.5 Å². The molecular formula is C19H15ClF2N4OS. The minimum absolute atomic E-state index is 0.107. The number of benzene rings is 1. The molecule has 1 aliphatic rings. The first-order valence-corrected chi connectivity index (χ1v) is 9.69. The molecule has 1 saturated carbocycles. The highest BCUT2D eigenvalue weighted by atomic mass is 35.5. The van der Waals surface area contributed by atoms with Crippen LogP contribution in [0.3, 0.4) is 0 Å². The minimum atomic E-state index is -2.82. The van der Waals surface area contributed by atoms with E-state index in [4.69, 9.17) is 16.9 Å². The first kappa shape index (κ1) is 20.2. The summed E-state index contributed by atoms with van der Waals surface area (Å²) in [6.07, 6.45) is -0.514. The van der Waals surface area contributed by atoms with E-state index < -0.39 is 30.1 Å². The number of nitriles is 2. The molecule has 2 aromatic rings. The zero-order chi connectivity index (χ0) is 20.5. The molecule has 0 unspecified atom stereocenters. The second-order valence-electron chi connectivity index (χ2n) is 6.73. The second kappa shape index (κ2) is 7.83. The lowest BCUT2D eigenvalue weighted by molar-refractivity contribution is -0.118. The van der Waals surface area contributed by atoms with Crippen LogP contribution >= 0.6 is 22.9 Å². The molecule has 1 N–H and O–H groups in total. The molecule has 3 rings (SSSR count). The van der Waals surface area contributed by atoms with Gasteiger partial charge in [0.25, 0.3) is 0 Å². The van der Waals surface area contributed by atoms with E-state index in [9.17, 15) is 18.8 Å². The van der Waals surface area contributed by atoms with Crippen molar-refractivity contribution in [3.63, 3.8) is 0 Å². The molecule has 144 valence electrons. The number of anilines is 1. The molecule has 1 aromatic heterocycles. The molecule has 1 amide bonds. The number of aromatic nitrogens is 1. The van der Waals surface area contributed by atoms with Crippen LogP contribution in [0.15, 0.2) is 18.2 Å². The average Bonchev–Trinajstić information content (AvgIpc) is 3.15. The number of amides is 1. The van der Waals surface area contributed by atoms with E-state index in [-0.39, 0.29) is 29.1 Å². The molecule has 0 spiro atoms. The molecule has 2 atom stereocenters. The summed E-state index contributed by atoms with van der Waals surface area (Å²) in [5, 5.41) is 21.3. The van der Waals surface area contributed by atoms with Crippen molar-refractivity contribution < 1.29 is 13.6 Å². The summed E-state index contributed by atoms with van der Waals surface area (Å²) in [5.74, 6) is -4.79. The van der Waals surface area contributed by atoms with Gasteiger partial charge in [-0.15, -0.1) is 0 Å². The maximum atomic E-state index is 13.8. The molecular weight excluding hydrogens is 406 g/mol. The first-order chi connectivity index (χ1) is 13.2. The third-order valence-electron chi connectivity index (χ3n) is 4.81. The van der Waals surface area contributed by atoms with Crippen molar-refractivity contribution in [1.82, 2.24) is 4.98 Å². The van der Waals surface area contributed by atoms with Gasteiger partial charge in [0.15, 0.2) is 5.13 Å². The third-order valence-corrected chi connectivity index (χ3v) is 6.18. The van der Waals surface area contributed by atoms with E-state index in [1.165, 1.54) is 12.1 Å². The monoisotopic (exact) mass is 420 g/mol. The Morgan fingerprint density at radius 3 is 2.64 bits per heavy atom. The Morgan fingerprint density at radius 2 is 2.11 bits per heavy atom. The normalized spacial score (nSPS) is 18.9. The fourth-order valence-corrected chi connectivity index (χ4v) is 4.42. The Morgan fingerprint density at radius 1 is 1.39 bits per heavy atom. The lowest BCUT2D eigenvalue weighted by atomic mass is 9.83. The number of carbonyl (C=O) groups excluding carboxylic acids is 1. The van der Waals surface area contributed by atoms with E-state index in [2.05, 4.69) is 10.3 Å². The number of hydrogen-bond acceptors (Lipinski definition) is 5. The van der Waals surface area contributed by atoms with Gasteiger partial charge in [-0.25, -0.2) is 13.8 Å². The Balaban J connectivity index is 1.97. The molecule has 0 saturated heterocycles. The van der Waals surface area contributed by atoms with E-state index in [1.54, 1.807) is 13.0 Å². The van der Waals surface area contributed by atoms with Gasteiger partial charge in [0.05, 0.1) is 22.7 Å². The molecule has 1 aromatic carbocycles. The highest BCUT2D eigenvalue weighted by Gasteiger charge is 2.45. The van der Waals surface area contributed by atoms with Crippen LogP contribution in [0.5, 0.6) is 0 Å². The fourth-order valence-electron chi connectivity index (χ4n) is 3.47. The third kappa shape index (κ3) is 4.14. The van der Waals surface area contributed by atoms with E-state index in [1.807, 2.05) is 12.1 Å². The van der Waals surface area contributed by atoms with Gasteiger partial charge in [-0.2, -0.15) is 10.5 Å². The lowest BCUT2D eigenvalue weighted by Crippen LogP contribution is -2.27. The van der Waals surface area contributed by atoms with Crippen LogP contribution in [0.25, 0.3) is 0 Å². The van der Waals surface area contributed by atoms with Gasteiger partial charge >= 0.3 is 0 Å². The summed E-state index contributed by atoms with van der Waals surface area (Å²) in [4.78, 5) is 17.2. The van der Waals surface area contributed by atoms with Crippen molar-refractivity contribution in [3.05, 3.63) is 44.9 Å². The quantitative estimate of drug-likeness (QED) is 0.753. The molecule has 0 bridgehead atoms. The summed E-state index contributed by atoms with van der Waals surface area (Å²) in [6.45, 7) is 1.70. The minimum Gasteiger partial charge on any atom is -0.301 e. The van der Waals surface area contributed by atoms with Gasteiger partial charge in [0.1, 0.15) is 16.5 Å². The number of aryl methyl sites for hydroxylation is 1. The van der Waals surface area contributed by atoms with Crippen molar-refractivity contribution >= 4 is 34.0 Å². The molecule has 1 heterocycles. The fraction of sp³-hybridized carbons (Fsp3) is 0.368. The maximum absolute atomic E-state index is 13.8. The summed E-state index contributed by atoms with van der Waals surface area (Å²) >= 11 is 7.08. The van der Waals surface area contributed by atoms with Gasteiger partial charge in [-0.3, -0.25) is 4.79 Å². The lowest BCUT2D eigenvalue weighted by Gasteiger charge is -2.23. The highest BCUT2D eigenvalue weighted by molar-refractivity contribution is 7.19. The summed E-state index contributed by atoms with van der Waals surface area (Å²) in [7, 11) is 0. The van der Waals surface area contributed by atoms with Crippen molar-refractivity contribution in [2.45, 2.75) is 38.0 Å². The van der Waals surface area contributed by atoms with Crippen LogP contribution < -0.4 is 5.32 Å². The van der Waals surface area contributed by atoms with Gasteiger partial charge in [-0.1, -0.05) is 29.0 Å². The molecule has 1 aliphatic carbocycles. The van der Waals surface area contributed by atoms with Crippen molar-refractivity contribution in [3.8, 4) is 12.1 Å². The van der Waals surface area contributed by atoms with Gasteiger partial charge in [-0.05, 0) is 37.0 Å². The molecule has 28 heavy (non-hydrogen) atoms. The van der Waals surface area contributed by atoms with Gasteiger partial charge in [0, 0.05) is 12.8 Å². The first-order valence-electron chi connectivity index (χ1n) is 8.50. The number of carbonyl (C=O) groups is 1. The Hall–Kier alpha value is -2.55. The molecule has 9 heteroatoms. The summed E-state index contributed by atoms with van der Waals surface area (Å²) in [5.41, 5.74) is 1.27. The number of nitrogens with zero attached hydrogens (tertiary/aromatic N) is 3. The maximum Gasteiger partial charge on any atom is 0.248 e. The van der Waals surface area contributed by atoms with Crippen LogP contribution in [0, 0.1) is 35.5 Å². The summed E-state index contributed by atoms with van der Waals surface area (Å²) in [6, 6.07) is 8.23. The van der Waals surface area contributed by atoms with E-state index >= 15 is 0 Å². The Labute approximate surface area is 169 Å². The number of nitrogens with one attached hydrogen (secondary N) is 1. The highest BCUT2D eigenvalue weighted by Crippen LogP contribution is 2.46. The zero-order valence-corrected chi connectivity index (χ0v) is 16.4. The van der Waals surface area contributed by atoms with Crippen LogP contribution in [0.1, 0.15) is 47.6 Å². The largest absolute Gasteiger partial charge is 0.301 e. The van der Waals surface area contributed by atoms with Crippen LogP contribution in [-0.4, -0.2) is 16.8 Å².